The topological polar surface area (TPSA) is 97.6 Å². The van der Waals surface area contributed by atoms with Gasteiger partial charge >= 0.3 is 6.09 Å². The van der Waals surface area contributed by atoms with Crippen LogP contribution in [0.15, 0.2) is 59.8 Å². The van der Waals surface area contributed by atoms with Crippen LogP contribution in [0, 0.1) is 18.8 Å². The fraction of sp³-hybridized carbons (Fsp3) is 0.471. The maximum Gasteiger partial charge on any atom is 0.408 e. The molecule has 3 aromatic rings. The van der Waals surface area contributed by atoms with Gasteiger partial charge in [-0.1, -0.05) is 29.7 Å². The number of aromatic nitrogens is 4. The number of hydrogen-bond donors (Lipinski definition) is 1. The molecule has 46 heavy (non-hydrogen) atoms. The number of pyridine rings is 1. The lowest BCUT2D eigenvalue weighted by atomic mass is 10.1. The summed E-state index contributed by atoms with van der Waals surface area (Å²) >= 11 is 1.37. The van der Waals surface area contributed by atoms with Gasteiger partial charge in [-0.2, -0.15) is 0 Å². The van der Waals surface area contributed by atoms with Crippen molar-refractivity contribution < 1.29 is 18.7 Å². The minimum atomic E-state index is -0.461. The van der Waals surface area contributed by atoms with Crippen LogP contribution in [0.5, 0.6) is 5.75 Å². The van der Waals surface area contributed by atoms with Crippen LogP contribution in [0.25, 0.3) is 5.69 Å². The van der Waals surface area contributed by atoms with Crippen LogP contribution >= 0.6 is 11.8 Å². The number of aryl methyl sites for hydroxylation is 1. The summed E-state index contributed by atoms with van der Waals surface area (Å²) in [4.78, 5) is 21.2. The molecule has 244 valence electrons. The number of nitrogens with zero attached hydrogens (tertiary/aromatic N) is 6. The molecule has 5 rings (SSSR count). The van der Waals surface area contributed by atoms with Crippen LogP contribution in [0.1, 0.15) is 50.1 Å². The predicted molar refractivity (Wildman–Crippen MR) is 177 cm³/mol. The van der Waals surface area contributed by atoms with Gasteiger partial charge in [0.1, 0.15) is 18.2 Å². The molecule has 1 amide bonds. The number of nitrogens with one attached hydrogen (secondary N) is 1. The van der Waals surface area contributed by atoms with Crippen molar-refractivity contribution in [3.63, 3.8) is 0 Å². The molecule has 1 saturated heterocycles. The summed E-state index contributed by atoms with van der Waals surface area (Å²) < 4.78 is 27.7. The summed E-state index contributed by atoms with van der Waals surface area (Å²) in [6.07, 6.45) is 7.09. The van der Waals surface area contributed by atoms with Gasteiger partial charge in [0.2, 0.25) is 0 Å². The Kier molecular flexibility index (Phi) is 12.1. The number of amides is 1. The molecule has 10 nitrogen and oxygen atoms in total. The first kappa shape index (κ1) is 33.4. The van der Waals surface area contributed by atoms with Gasteiger partial charge in [0.15, 0.2) is 17.6 Å². The Hall–Kier alpha value is -3.92. The molecule has 0 spiro atoms. The van der Waals surface area contributed by atoms with Gasteiger partial charge in [0.05, 0.1) is 17.1 Å². The first-order valence-electron chi connectivity index (χ1n) is 15.8. The summed E-state index contributed by atoms with van der Waals surface area (Å²) in [5.74, 6) is 7.12. The summed E-state index contributed by atoms with van der Waals surface area (Å²) in [5.41, 5.74) is 2.53. The number of thioether (sulfide) groups is 1. The lowest BCUT2D eigenvalue weighted by Crippen LogP contribution is -2.50. The molecule has 1 unspecified atom stereocenters. The highest BCUT2D eigenvalue weighted by molar-refractivity contribution is 8.00. The number of benzene rings is 1. The minimum Gasteiger partial charge on any atom is -0.486 e. The number of alkyl carbamates (subject to hydrolysis) is 1. The van der Waals surface area contributed by atoms with Crippen molar-refractivity contribution in [3.05, 3.63) is 71.6 Å². The minimum absolute atomic E-state index is 0.00147. The normalized spacial score (nSPS) is 17.2. The van der Waals surface area contributed by atoms with Crippen molar-refractivity contribution in [2.24, 2.45) is 0 Å². The first-order chi connectivity index (χ1) is 22.4. The fourth-order valence-electron chi connectivity index (χ4n) is 5.39. The van der Waals surface area contributed by atoms with E-state index in [-0.39, 0.29) is 24.3 Å². The van der Waals surface area contributed by atoms with E-state index >= 15 is 0 Å². The van der Waals surface area contributed by atoms with Crippen LogP contribution < -0.4 is 10.1 Å². The van der Waals surface area contributed by atoms with Crippen molar-refractivity contribution in [2.45, 2.75) is 63.1 Å². The average molecular weight is 648 g/mol. The zero-order chi connectivity index (χ0) is 32.3. The molecule has 0 bridgehead atoms. The second kappa shape index (κ2) is 16.6. The molecule has 1 aliphatic carbocycles. The van der Waals surface area contributed by atoms with E-state index < -0.39 is 6.09 Å². The zero-order valence-electron chi connectivity index (χ0n) is 26.7. The van der Waals surface area contributed by atoms with Gasteiger partial charge in [0, 0.05) is 57.1 Å². The maximum atomic E-state index is 14.5. The van der Waals surface area contributed by atoms with E-state index in [0.717, 1.165) is 68.8 Å². The number of carbonyl (C=O) groups excluding carboxylic acids is 1. The predicted octanol–water partition coefficient (Wildman–Crippen LogP) is 5.15. The van der Waals surface area contributed by atoms with E-state index in [1.54, 1.807) is 18.5 Å². The average Bonchev–Trinajstić information content (AvgIpc) is 3.46. The molecule has 0 radical (unpaired) electrons. The number of rotatable bonds is 11. The van der Waals surface area contributed by atoms with Gasteiger partial charge in [-0.3, -0.25) is 19.4 Å². The van der Waals surface area contributed by atoms with E-state index in [9.17, 15) is 9.18 Å². The SMILES string of the molecule is Cc1cc(OCc2nnc(SC3CCCC=C3F)n2-c2cccnc2)ccc1C#CCOC(=O)NCCN1CCN(C(C)C)CC1. The quantitative estimate of drug-likeness (QED) is 0.284. The van der Waals surface area contributed by atoms with Gasteiger partial charge in [-0.25, -0.2) is 9.18 Å². The Bertz CT molecular complexity index is 1550. The Morgan fingerprint density at radius 2 is 2.04 bits per heavy atom. The fourth-order valence-corrected chi connectivity index (χ4v) is 6.54. The van der Waals surface area contributed by atoms with E-state index in [1.807, 2.05) is 41.8 Å². The number of piperazine rings is 1. The molecule has 1 fully saturated rings. The molecule has 2 aromatic heterocycles. The summed E-state index contributed by atoms with van der Waals surface area (Å²) in [6, 6.07) is 9.95. The third-order valence-electron chi connectivity index (χ3n) is 8.07. The summed E-state index contributed by atoms with van der Waals surface area (Å²) in [6.45, 7) is 12.0. The Labute approximate surface area is 274 Å². The monoisotopic (exact) mass is 647 g/mol. The van der Waals surface area contributed by atoms with Gasteiger partial charge < -0.3 is 14.8 Å². The highest BCUT2D eigenvalue weighted by Gasteiger charge is 2.24. The number of hydrogen-bond acceptors (Lipinski definition) is 9. The molecule has 1 atom stereocenters. The van der Waals surface area contributed by atoms with E-state index in [0.29, 0.717) is 29.3 Å². The Morgan fingerprint density at radius 1 is 1.20 bits per heavy atom. The molecule has 1 aliphatic heterocycles. The number of carbonyl (C=O) groups is 1. The molecule has 2 aliphatic rings. The van der Waals surface area contributed by atoms with Crippen LogP contribution in [0.4, 0.5) is 9.18 Å². The summed E-state index contributed by atoms with van der Waals surface area (Å²) in [7, 11) is 0. The van der Waals surface area contributed by atoms with Crippen molar-refractivity contribution in [1.29, 1.82) is 0 Å². The standard InChI is InChI=1S/C34H42FN7O3S/c1-25(2)41-19-17-40(18-20-41)16-15-37-34(43)44-21-7-8-27-12-13-29(22-26(27)3)45-24-32-38-39-33(42(32)28-9-6-14-36-23-28)46-31-11-5-4-10-30(31)35/h6,9-10,12-14,22-23,25,31H,4-5,11,15-21,24H2,1-3H3,(H,37,43). The van der Waals surface area contributed by atoms with E-state index in [2.05, 4.69) is 56.0 Å². The highest BCUT2D eigenvalue weighted by atomic mass is 32.2. The zero-order valence-corrected chi connectivity index (χ0v) is 27.6. The van der Waals surface area contributed by atoms with Crippen molar-refractivity contribution in [3.8, 4) is 23.3 Å². The van der Waals surface area contributed by atoms with Crippen molar-refractivity contribution >= 4 is 17.9 Å². The van der Waals surface area contributed by atoms with Crippen LogP contribution in [-0.4, -0.2) is 92.8 Å². The van der Waals surface area contributed by atoms with Crippen molar-refractivity contribution in [2.75, 3.05) is 45.9 Å². The summed E-state index contributed by atoms with van der Waals surface area (Å²) in [5, 5.41) is 11.9. The van der Waals surface area contributed by atoms with Gasteiger partial charge in [-0.05, 0) is 75.9 Å². The smallest absolute Gasteiger partial charge is 0.408 e. The van der Waals surface area contributed by atoms with E-state index in [4.69, 9.17) is 9.47 Å². The molecular formula is C34H42FN7O3S. The van der Waals surface area contributed by atoms with Gasteiger partial charge in [0.25, 0.3) is 0 Å². The Morgan fingerprint density at radius 3 is 2.78 bits per heavy atom. The van der Waals surface area contributed by atoms with Crippen LogP contribution in [-0.2, 0) is 11.3 Å². The van der Waals surface area contributed by atoms with Crippen LogP contribution in [0.2, 0.25) is 0 Å². The lowest BCUT2D eigenvalue weighted by Gasteiger charge is -2.36. The molecule has 1 aromatic carbocycles. The molecule has 0 saturated carbocycles. The molecule has 12 heteroatoms. The third kappa shape index (κ3) is 9.31. The van der Waals surface area contributed by atoms with Gasteiger partial charge in [-0.15, -0.1) is 10.2 Å². The Balaban J connectivity index is 1.10. The maximum absolute atomic E-state index is 14.5. The number of ether oxygens (including phenoxy) is 2. The molecule has 1 N–H and O–H groups in total. The number of halogens is 1. The van der Waals surface area contributed by atoms with Crippen molar-refractivity contribution in [1.82, 2.24) is 34.9 Å². The van der Waals surface area contributed by atoms with E-state index in [1.165, 1.54) is 11.8 Å². The number of allylic oxidation sites excluding steroid dienone is 1. The molecular weight excluding hydrogens is 605 g/mol. The first-order valence-corrected chi connectivity index (χ1v) is 16.7. The largest absolute Gasteiger partial charge is 0.486 e. The second-order valence-electron chi connectivity index (χ2n) is 11.6. The molecule has 3 heterocycles. The van der Waals surface area contributed by atoms with Crippen LogP contribution in [0.3, 0.4) is 0 Å². The highest BCUT2D eigenvalue weighted by Crippen LogP contribution is 2.35. The second-order valence-corrected chi connectivity index (χ2v) is 12.8. The lowest BCUT2D eigenvalue weighted by molar-refractivity contribution is 0.108. The third-order valence-corrected chi connectivity index (χ3v) is 9.29.